The summed E-state index contributed by atoms with van der Waals surface area (Å²) < 4.78 is 2.18. The van der Waals surface area contributed by atoms with E-state index in [-0.39, 0.29) is 12.3 Å². The number of hydrogen-bond acceptors (Lipinski definition) is 2. The van der Waals surface area contributed by atoms with Crippen LogP contribution in [0.5, 0.6) is 0 Å². The Balaban J connectivity index is 0.000000693. The molecule has 1 aliphatic heterocycles. The number of rotatable bonds is 1. The molecule has 0 unspecified atom stereocenters. The third-order valence-corrected chi connectivity index (χ3v) is 4.68. The van der Waals surface area contributed by atoms with E-state index in [2.05, 4.69) is 16.7 Å². The van der Waals surface area contributed by atoms with Crippen LogP contribution < -0.4 is 0 Å². The van der Waals surface area contributed by atoms with Crippen molar-refractivity contribution in [3.63, 3.8) is 0 Å². The molecular formula is C17H19BClN3. The molecule has 1 spiro atoms. The van der Waals surface area contributed by atoms with Crippen molar-refractivity contribution in [2.45, 2.75) is 44.9 Å². The van der Waals surface area contributed by atoms with Crippen molar-refractivity contribution in [2.75, 3.05) is 0 Å². The lowest BCUT2D eigenvalue weighted by molar-refractivity contribution is 0.444. The maximum atomic E-state index is 9.24. The van der Waals surface area contributed by atoms with Gasteiger partial charge in [0.25, 0.3) is 6.71 Å². The SMILES string of the molecule is CC.N#CB1Cc2cc(-c3cccc(Cl)c3)nn2C2(CC2)C1. The highest BCUT2D eigenvalue weighted by Crippen LogP contribution is 2.51. The van der Waals surface area contributed by atoms with Gasteiger partial charge in [0.15, 0.2) is 0 Å². The number of halogens is 1. The van der Waals surface area contributed by atoms with Crippen LogP contribution >= 0.6 is 11.6 Å². The van der Waals surface area contributed by atoms with Crippen LogP contribution in [0.1, 0.15) is 32.4 Å². The fourth-order valence-electron chi connectivity index (χ4n) is 3.29. The number of nitrogens with zero attached hydrogens (tertiary/aromatic N) is 3. The maximum Gasteiger partial charge on any atom is 0.276 e. The van der Waals surface area contributed by atoms with Crippen LogP contribution in [-0.2, 0) is 11.9 Å². The monoisotopic (exact) mass is 311 g/mol. The fraction of sp³-hybridized carbons (Fsp3) is 0.412. The summed E-state index contributed by atoms with van der Waals surface area (Å²) in [5, 5.41) is 14.8. The second kappa shape index (κ2) is 5.81. The molecule has 2 heterocycles. The summed E-state index contributed by atoms with van der Waals surface area (Å²) in [6.45, 7) is 4.13. The van der Waals surface area contributed by atoms with Gasteiger partial charge in [-0.05, 0) is 43.7 Å². The zero-order chi connectivity index (χ0) is 15.7. The molecule has 2 aliphatic rings. The molecule has 0 atom stereocenters. The first-order valence-electron chi connectivity index (χ1n) is 7.95. The molecule has 3 nitrogen and oxygen atoms in total. The average molecular weight is 312 g/mol. The van der Waals surface area contributed by atoms with E-state index in [0.717, 1.165) is 41.8 Å². The fourth-order valence-corrected chi connectivity index (χ4v) is 3.48. The minimum absolute atomic E-state index is 0.130. The van der Waals surface area contributed by atoms with E-state index >= 15 is 0 Å². The molecule has 2 aromatic rings. The molecule has 5 heteroatoms. The lowest BCUT2D eigenvalue weighted by Crippen LogP contribution is -2.35. The summed E-state index contributed by atoms with van der Waals surface area (Å²) in [6, 6.07) is 9.91. The largest absolute Gasteiger partial charge is 0.276 e. The standard InChI is InChI=1S/C15H13BClN3.C2H6/c17-12-3-1-2-11(6-12)14-7-13-8-16(10-18)9-15(4-5-15)20(13)19-14;1-2/h1-3,6-7H,4-5,8-9H2;1-2H3. The molecule has 0 saturated heterocycles. The first-order chi connectivity index (χ1) is 10.7. The second-order valence-corrected chi connectivity index (χ2v) is 6.34. The minimum atomic E-state index is 0.130. The molecule has 4 rings (SSSR count). The van der Waals surface area contributed by atoms with Gasteiger partial charge < -0.3 is 0 Å². The Labute approximate surface area is 137 Å². The summed E-state index contributed by atoms with van der Waals surface area (Å²) in [4.78, 5) is 0. The zero-order valence-corrected chi connectivity index (χ0v) is 13.8. The van der Waals surface area contributed by atoms with Crippen LogP contribution in [0.15, 0.2) is 30.3 Å². The van der Waals surface area contributed by atoms with E-state index in [1.54, 1.807) is 0 Å². The Kier molecular flexibility index (Phi) is 4.01. The minimum Gasteiger partial charge on any atom is -0.264 e. The highest BCUT2D eigenvalue weighted by Gasteiger charge is 2.51. The number of fused-ring (bicyclic) bond motifs is 2. The average Bonchev–Trinajstić information content (AvgIpc) is 3.16. The molecule has 1 aromatic heterocycles. The van der Waals surface area contributed by atoms with Gasteiger partial charge >= 0.3 is 0 Å². The number of aromatic nitrogens is 2. The molecule has 22 heavy (non-hydrogen) atoms. The van der Waals surface area contributed by atoms with Crippen molar-refractivity contribution in [1.82, 2.24) is 9.78 Å². The highest BCUT2D eigenvalue weighted by molar-refractivity contribution is 6.66. The van der Waals surface area contributed by atoms with Crippen LogP contribution in [0.4, 0.5) is 0 Å². The van der Waals surface area contributed by atoms with E-state index in [4.69, 9.17) is 16.7 Å². The lowest BCUT2D eigenvalue weighted by Gasteiger charge is -2.25. The predicted molar refractivity (Wildman–Crippen MR) is 91.1 cm³/mol. The molecule has 0 N–H and O–H groups in total. The maximum absolute atomic E-state index is 9.24. The van der Waals surface area contributed by atoms with Gasteiger partial charge in [-0.15, -0.1) is 0 Å². The first kappa shape index (κ1) is 15.2. The van der Waals surface area contributed by atoms with Crippen LogP contribution in [-0.4, -0.2) is 16.5 Å². The Hall–Kier alpha value is -1.73. The quantitative estimate of drug-likeness (QED) is 0.734. The molecule has 1 aliphatic carbocycles. The van der Waals surface area contributed by atoms with Crippen LogP contribution in [0.2, 0.25) is 11.3 Å². The van der Waals surface area contributed by atoms with Gasteiger partial charge in [-0.25, -0.2) is 5.26 Å². The number of hydrogen-bond donors (Lipinski definition) is 0. The number of nitriles is 1. The first-order valence-corrected chi connectivity index (χ1v) is 8.33. The molecule has 112 valence electrons. The molecule has 1 fully saturated rings. The van der Waals surface area contributed by atoms with Gasteiger partial charge in [-0.1, -0.05) is 37.6 Å². The van der Waals surface area contributed by atoms with Gasteiger partial charge in [0.1, 0.15) is 0 Å². The van der Waals surface area contributed by atoms with E-state index in [1.165, 1.54) is 5.69 Å². The molecule has 0 amide bonds. The topological polar surface area (TPSA) is 41.6 Å². The smallest absolute Gasteiger partial charge is 0.264 e. The van der Waals surface area contributed by atoms with Crippen molar-refractivity contribution in [2.24, 2.45) is 0 Å². The van der Waals surface area contributed by atoms with Crippen LogP contribution in [0.25, 0.3) is 11.3 Å². The Bertz CT molecular complexity index is 728. The molecule has 1 saturated carbocycles. The van der Waals surface area contributed by atoms with E-state index < -0.39 is 0 Å². The normalized spacial score (nSPS) is 17.3. The van der Waals surface area contributed by atoms with Gasteiger partial charge in [0.05, 0.1) is 11.2 Å². The lowest BCUT2D eigenvalue weighted by atomic mass is 9.43. The predicted octanol–water partition coefficient (Wildman–Crippen LogP) is 4.37. The van der Waals surface area contributed by atoms with Crippen molar-refractivity contribution < 1.29 is 0 Å². The number of benzene rings is 1. The van der Waals surface area contributed by atoms with Crippen LogP contribution in [0, 0.1) is 11.2 Å². The van der Waals surface area contributed by atoms with Crippen molar-refractivity contribution in [3.05, 3.63) is 41.0 Å². The molecular weight excluding hydrogens is 292 g/mol. The third kappa shape index (κ3) is 2.55. The summed E-state index contributed by atoms with van der Waals surface area (Å²) in [7, 11) is 0. The summed E-state index contributed by atoms with van der Waals surface area (Å²) in [6.07, 6.45) is 4.06. The van der Waals surface area contributed by atoms with Gasteiger partial charge in [-0.3, -0.25) is 4.68 Å². The van der Waals surface area contributed by atoms with Crippen molar-refractivity contribution in [1.29, 1.82) is 5.26 Å². The molecule has 1 aromatic carbocycles. The Morgan fingerprint density at radius 1 is 1.32 bits per heavy atom. The Morgan fingerprint density at radius 3 is 2.73 bits per heavy atom. The van der Waals surface area contributed by atoms with Crippen molar-refractivity contribution in [3.8, 4) is 17.2 Å². The van der Waals surface area contributed by atoms with E-state index in [1.807, 2.05) is 38.1 Å². The van der Waals surface area contributed by atoms with Crippen LogP contribution in [0.3, 0.4) is 0 Å². The second-order valence-electron chi connectivity index (χ2n) is 5.90. The summed E-state index contributed by atoms with van der Waals surface area (Å²) in [5.74, 6) is 2.44. The van der Waals surface area contributed by atoms with E-state index in [0.29, 0.717) is 0 Å². The van der Waals surface area contributed by atoms with E-state index in [9.17, 15) is 5.26 Å². The van der Waals surface area contributed by atoms with Gasteiger partial charge in [0, 0.05) is 22.2 Å². The third-order valence-electron chi connectivity index (χ3n) is 4.44. The molecule has 0 radical (unpaired) electrons. The van der Waals surface area contributed by atoms with Crippen molar-refractivity contribution >= 4 is 18.3 Å². The summed E-state index contributed by atoms with van der Waals surface area (Å²) >= 11 is 6.06. The van der Waals surface area contributed by atoms with Gasteiger partial charge in [0.2, 0.25) is 0 Å². The molecule has 0 bridgehead atoms. The summed E-state index contributed by atoms with van der Waals surface area (Å²) in [5.41, 5.74) is 3.33. The highest BCUT2D eigenvalue weighted by atomic mass is 35.5. The Morgan fingerprint density at radius 2 is 2.09 bits per heavy atom. The zero-order valence-electron chi connectivity index (χ0n) is 13.0. The van der Waals surface area contributed by atoms with Gasteiger partial charge in [-0.2, -0.15) is 5.10 Å².